The van der Waals surface area contributed by atoms with Gasteiger partial charge in [0.1, 0.15) is 5.60 Å². The first-order valence-corrected chi connectivity index (χ1v) is 8.67. The number of nitrogens with one attached hydrogen (secondary N) is 1. The van der Waals surface area contributed by atoms with Gasteiger partial charge >= 0.3 is 6.09 Å². The van der Waals surface area contributed by atoms with Crippen molar-refractivity contribution in [1.82, 2.24) is 0 Å². The summed E-state index contributed by atoms with van der Waals surface area (Å²) in [6.45, 7) is 11.8. The molecule has 1 aliphatic rings. The molecule has 1 aromatic rings. The van der Waals surface area contributed by atoms with Gasteiger partial charge in [-0.15, -0.1) is 0 Å². The van der Waals surface area contributed by atoms with Crippen molar-refractivity contribution in [2.45, 2.75) is 59.5 Å². The van der Waals surface area contributed by atoms with Gasteiger partial charge < -0.3 is 10.1 Å². The summed E-state index contributed by atoms with van der Waals surface area (Å²) in [4.78, 5) is 14.3. The lowest BCUT2D eigenvalue weighted by Crippen LogP contribution is -2.39. The SMILES string of the molecule is CCC(C)CNc1ccc2c(c1)N(C(=O)OC(C)(C)C)CCC2. The molecule has 1 heterocycles. The van der Waals surface area contributed by atoms with Gasteiger partial charge in [-0.3, -0.25) is 4.90 Å². The maximum atomic E-state index is 12.5. The molecule has 4 nitrogen and oxygen atoms in total. The fraction of sp³-hybridized carbons (Fsp3) is 0.632. The number of hydrogen-bond acceptors (Lipinski definition) is 3. The molecule has 4 heteroatoms. The predicted octanol–water partition coefficient (Wildman–Crippen LogP) is 4.83. The van der Waals surface area contributed by atoms with E-state index in [1.165, 1.54) is 5.56 Å². The van der Waals surface area contributed by atoms with E-state index >= 15 is 0 Å². The van der Waals surface area contributed by atoms with Crippen molar-refractivity contribution in [2.75, 3.05) is 23.3 Å². The zero-order valence-electron chi connectivity index (χ0n) is 15.1. The minimum absolute atomic E-state index is 0.252. The normalized spacial score (nSPS) is 15.8. The van der Waals surface area contributed by atoms with E-state index in [0.717, 1.165) is 43.7 Å². The van der Waals surface area contributed by atoms with Crippen molar-refractivity contribution in [3.8, 4) is 0 Å². The summed E-state index contributed by atoms with van der Waals surface area (Å²) in [6, 6.07) is 6.32. The van der Waals surface area contributed by atoms with Gasteiger partial charge in [0, 0.05) is 18.8 Å². The van der Waals surface area contributed by atoms with Crippen molar-refractivity contribution in [2.24, 2.45) is 5.92 Å². The minimum atomic E-state index is -0.471. The van der Waals surface area contributed by atoms with Gasteiger partial charge in [-0.1, -0.05) is 26.3 Å². The molecule has 0 saturated carbocycles. The van der Waals surface area contributed by atoms with E-state index in [0.29, 0.717) is 5.92 Å². The van der Waals surface area contributed by atoms with Crippen LogP contribution >= 0.6 is 0 Å². The van der Waals surface area contributed by atoms with Crippen LogP contribution in [0.3, 0.4) is 0 Å². The van der Waals surface area contributed by atoms with E-state index in [1.54, 1.807) is 4.90 Å². The average Bonchev–Trinajstić information content (AvgIpc) is 2.50. The molecule has 1 N–H and O–H groups in total. The lowest BCUT2D eigenvalue weighted by Gasteiger charge is -2.32. The Hall–Kier alpha value is -1.71. The summed E-state index contributed by atoms with van der Waals surface area (Å²) in [5.41, 5.74) is 2.80. The number of amides is 1. The van der Waals surface area contributed by atoms with Crippen LogP contribution in [0.2, 0.25) is 0 Å². The first-order chi connectivity index (χ1) is 10.8. The molecule has 1 aliphatic heterocycles. The third-order valence-electron chi connectivity index (χ3n) is 4.17. The number of ether oxygens (including phenoxy) is 1. The number of carbonyl (C=O) groups is 1. The highest BCUT2D eigenvalue weighted by atomic mass is 16.6. The van der Waals surface area contributed by atoms with Crippen molar-refractivity contribution in [1.29, 1.82) is 0 Å². The fourth-order valence-electron chi connectivity index (χ4n) is 2.63. The van der Waals surface area contributed by atoms with Gasteiger partial charge in [0.15, 0.2) is 0 Å². The zero-order chi connectivity index (χ0) is 17.0. The second-order valence-electron chi connectivity index (χ2n) is 7.47. The number of benzene rings is 1. The van der Waals surface area contributed by atoms with Crippen LogP contribution in [0, 0.1) is 5.92 Å². The first kappa shape index (κ1) is 17.6. The number of carbonyl (C=O) groups excluding carboxylic acids is 1. The van der Waals surface area contributed by atoms with Crippen LogP contribution in [-0.2, 0) is 11.2 Å². The van der Waals surface area contributed by atoms with Gasteiger partial charge in [-0.2, -0.15) is 0 Å². The van der Waals surface area contributed by atoms with E-state index in [1.807, 2.05) is 20.8 Å². The fourth-order valence-corrected chi connectivity index (χ4v) is 2.63. The summed E-state index contributed by atoms with van der Waals surface area (Å²) in [5, 5.41) is 3.47. The molecule has 0 fully saturated rings. The number of hydrogen-bond donors (Lipinski definition) is 1. The van der Waals surface area contributed by atoms with Crippen LogP contribution < -0.4 is 10.2 Å². The monoisotopic (exact) mass is 318 g/mol. The highest BCUT2D eigenvalue weighted by molar-refractivity contribution is 5.90. The summed E-state index contributed by atoms with van der Waals surface area (Å²) in [6.07, 6.45) is 2.89. The maximum Gasteiger partial charge on any atom is 0.414 e. The highest BCUT2D eigenvalue weighted by Gasteiger charge is 2.27. The van der Waals surface area contributed by atoms with E-state index in [-0.39, 0.29) is 6.09 Å². The lowest BCUT2D eigenvalue weighted by atomic mass is 10.0. The molecule has 1 aromatic carbocycles. The third kappa shape index (κ3) is 4.88. The van der Waals surface area contributed by atoms with Gasteiger partial charge in [0.25, 0.3) is 0 Å². The molecule has 0 bridgehead atoms. The Morgan fingerprint density at radius 3 is 2.78 bits per heavy atom. The minimum Gasteiger partial charge on any atom is -0.443 e. The number of aryl methyl sites for hydroxylation is 1. The van der Waals surface area contributed by atoms with Crippen molar-refractivity contribution in [3.63, 3.8) is 0 Å². The molecule has 1 atom stereocenters. The van der Waals surface area contributed by atoms with Gasteiger partial charge in [0.05, 0.1) is 5.69 Å². The topological polar surface area (TPSA) is 41.6 Å². The molecule has 23 heavy (non-hydrogen) atoms. The van der Waals surface area contributed by atoms with Crippen molar-refractivity contribution < 1.29 is 9.53 Å². The second-order valence-corrected chi connectivity index (χ2v) is 7.47. The molecule has 0 spiro atoms. The van der Waals surface area contributed by atoms with Gasteiger partial charge in [-0.05, 0) is 57.2 Å². The summed E-state index contributed by atoms with van der Waals surface area (Å²) in [7, 11) is 0. The van der Waals surface area contributed by atoms with Crippen LogP contribution in [-0.4, -0.2) is 24.8 Å². The van der Waals surface area contributed by atoms with Gasteiger partial charge in [0.2, 0.25) is 0 Å². The second kappa shape index (κ2) is 7.24. The maximum absolute atomic E-state index is 12.5. The molecule has 0 aliphatic carbocycles. The molecule has 0 saturated heterocycles. The van der Waals surface area contributed by atoms with Crippen LogP contribution in [0.5, 0.6) is 0 Å². The molecular weight excluding hydrogens is 288 g/mol. The molecule has 0 aromatic heterocycles. The Morgan fingerprint density at radius 1 is 1.39 bits per heavy atom. The first-order valence-electron chi connectivity index (χ1n) is 8.67. The van der Waals surface area contributed by atoms with Crippen LogP contribution in [0.15, 0.2) is 18.2 Å². The smallest absolute Gasteiger partial charge is 0.414 e. The van der Waals surface area contributed by atoms with E-state index in [2.05, 4.69) is 37.4 Å². The molecule has 0 radical (unpaired) electrons. The molecular formula is C19H30N2O2. The Labute approximate surface area is 140 Å². The van der Waals surface area contributed by atoms with Crippen molar-refractivity contribution in [3.05, 3.63) is 23.8 Å². The predicted molar refractivity (Wildman–Crippen MR) is 96.3 cm³/mol. The Morgan fingerprint density at radius 2 is 2.13 bits per heavy atom. The van der Waals surface area contributed by atoms with E-state index < -0.39 is 5.60 Å². The number of anilines is 2. The van der Waals surface area contributed by atoms with Crippen LogP contribution in [0.1, 0.15) is 53.0 Å². The Kier molecular flexibility index (Phi) is 5.55. The van der Waals surface area contributed by atoms with Gasteiger partial charge in [-0.25, -0.2) is 4.79 Å². The Balaban J connectivity index is 2.17. The van der Waals surface area contributed by atoms with E-state index in [9.17, 15) is 4.79 Å². The largest absolute Gasteiger partial charge is 0.443 e. The zero-order valence-corrected chi connectivity index (χ0v) is 15.1. The quantitative estimate of drug-likeness (QED) is 0.864. The van der Waals surface area contributed by atoms with E-state index in [4.69, 9.17) is 4.74 Å². The molecule has 1 unspecified atom stereocenters. The molecule has 2 rings (SSSR count). The number of nitrogens with zero attached hydrogens (tertiary/aromatic N) is 1. The molecule has 1 amide bonds. The standard InChI is InChI=1S/C19H30N2O2/c1-6-14(2)13-20-16-10-9-15-8-7-11-21(17(15)12-16)18(22)23-19(3,4)5/h9-10,12,14,20H,6-8,11,13H2,1-5H3. The third-order valence-corrected chi connectivity index (χ3v) is 4.17. The van der Waals surface area contributed by atoms with Crippen LogP contribution in [0.4, 0.5) is 16.2 Å². The number of fused-ring (bicyclic) bond motifs is 1. The number of rotatable bonds is 4. The van der Waals surface area contributed by atoms with Crippen molar-refractivity contribution >= 4 is 17.5 Å². The summed E-state index contributed by atoms with van der Waals surface area (Å²) in [5.74, 6) is 0.632. The molecule has 128 valence electrons. The average molecular weight is 318 g/mol. The summed E-state index contributed by atoms with van der Waals surface area (Å²) < 4.78 is 5.56. The highest BCUT2D eigenvalue weighted by Crippen LogP contribution is 2.31. The summed E-state index contributed by atoms with van der Waals surface area (Å²) >= 11 is 0. The Bertz CT molecular complexity index is 549. The lowest BCUT2D eigenvalue weighted by molar-refractivity contribution is 0.0578. The van der Waals surface area contributed by atoms with Crippen LogP contribution in [0.25, 0.3) is 0 Å².